The molecule has 0 saturated heterocycles. The van der Waals surface area contributed by atoms with Crippen LogP contribution in [0.1, 0.15) is 58.3 Å². The Hall–Kier alpha value is -2.95. The quantitative estimate of drug-likeness (QED) is 0.106. The highest BCUT2D eigenvalue weighted by Gasteiger charge is 2.05. The fraction of sp³-hybridized carbons (Fsp3) is 0.400. The Labute approximate surface area is 179 Å². The monoisotopic (exact) mass is 408 g/mol. The zero-order valence-corrected chi connectivity index (χ0v) is 17.9. The van der Waals surface area contributed by atoms with Gasteiger partial charge in [0.2, 0.25) is 0 Å². The molecule has 2 rings (SSSR count). The van der Waals surface area contributed by atoms with Crippen molar-refractivity contribution in [2.24, 2.45) is 10.2 Å². The summed E-state index contributed by atoms with van der Waals surface area (Å²) in [4.78, 5) is 12.0. The van der Waals surface area contributed by atoms with Crippen LogP contribution in [0.3, 0.4) is 0 Å². The third-order valence-corrected chi connectivity index (χ3v) is 4.54. The number of rotatable bonds is 14. The fourth-order valence-corrected chi connectivity index (χ4v) is 2.92. The Bertz CT molecular complexity index is 783. The first-order valence-corrected chi connectivity index (χ1v) is 10.8. The predicted octanol–water partition coefficient (Wildman–Crippen LogP) is 7.71. The Morgan fingerprint density at radius 2 is 1.37 bits per heavy atom. The smallest absolute Gasteiger partial charge is 0.311 e. The van der Waals surface area contributed by atoms with E-state index >= 15 is 0 Å². The van der Waals surface area contributed by atoms with Crippen molar-refractivity contribution in [1.82, 2.24) is 0 Å². The Balaban J connectivity index is 1.68. The molecule has 0 saturated carbocycles. The van der Waals surface area contributed by atoms with Gasteiger partial charge in [-0.05, 0) is 74.7 Å². The van der Waals surface area contributed by atoms with E-state index in [4.69, 9.17) is 9.47 Å². The van der Waals surface area contributed by atoms with Crippen molar-refractivity contribution in [2.75, 3.05) is 6.61 Å². The minimum atomic E-state index is -0.189. The van der Waals surface area contributed by atoms with Crippen LogP contribution in [0, 0.1) is 0 Å². The molecular weight excluding hydrogens is 376 g/mol. The number of nitrogens with zero attached hydrogens (tertiary/aromatic N) is 2. The number of hydrogen-bond donors (Lipinski definition) is 0. The minimum Gasteiger partial charge on any atom is -0.494 e. The summed E-state index contributed by atoms with van der Waals surface area (Å²) in [7, 11) is 0. The van der Waals surface area contributed by atoms with E-state index in [0.717, 1.165) is 30.7 Å². The van der Waals surface area contributed by atoms with E-state index in [-0.39, 0.29) is 5.97 Å². The number of ether oxygens (including phenoxy) is 2. The number of azo groups is 1. The first kappa shape index (κ1) is 23.3. The topological polar surface area (TPSA) is 60.2 Å². The van der Waals surface area contributed by atoms with Crippen LogP contribution in [0.15, 0.2) is 71.4 Å². The molecule has 5 nitrogen and oxygen atoms in total. The molecule has 0 radical (unpaired) electrons. The SMILES string of the molecule is C=CCCCCCCCCC(=O)Oc1ccc(N=Nc2ccc(OCC)cc2)cc1. The van der Waals surface area contributed by atoms with Gasteiger partial charge >= 0.3 is 5.97 Å². The molecule has 0 aliphatic rings. The zero-order chi connectivity index (χ0) is 21.4. The van der Waals surface area contributed by atoms with Crippen molar-refractivity contribution < 1.29 is 14.3 Å². The summed E-state index contributed by atoms with van der Waals surface area (Å²) in [5.74, 6) is 1.15. The lowest BCUT2D eigenvalue weighted by Crippen LogP contribution is -2.07. The van der Waals surface area contributed by atoms with Crippen LogP contribution in [-0.2, 0) is 4.79 Å². The minimum absolute atomic E-state index is 0.189. The van der Waals surface area contributed by atoms with Gasteiger partial charge in [-0.2, -0.15) is 10.2 Å². The Morgan fingerprint density at radius 3 is 1.93 bits per heavy atom. The van der Waals surface area contributed by atoms with Gasteiger partial charge < -0.3 is 9.47 Å². The third-order valence-electron chi connectivity index (χ3n) is 4.54. The summed E-state index contributed by atoms with van der Waals surface area (Å²) >= 11 is 0. The van der Waals surface area contributed by atoms with Gasteiger partial charge in [-0.25, -0.2) is 0 Å². The largest absolute Gasteiger partial charge is 0.494 e. The molecule has 30 heavy (non-hydrogen) atoms. The molecule has 0 amide bonds. The highest BCUT2D eigenvalue weighted by molar-refractivity contribution is 5.72. The molecule has 0 bridgehead atoms. The first-order chi connectivity index (χ1) is 14.7. The summed E-state index contributed by atoms with van der Waals surface area (Å²) in [6.07, 6.45) is 10.3. The summed E-state index contributed by atoms with van der Waals surface area (Å²) in [5.41, 5.74) is 1.44. The van der Waals surface area contributed by atoms with E-state index in [1.807, 2.05) is 37.3 Å². The van der Waals surface area contributed by atoms with Crippen LogP contribution in [0.25, 0.3) is 0 Å². The van der Waals surface area contributed by atoms with Crippen molar-refractivity contribution in [3.63, 3.8) is 0 Å². The van der Waals surface area contributed by atoms with Crippen LogP contribution < -0.4 is 9.47 Å². The second kappa shape index (κ2) is 14.1. The normalized spacial score (nSPS) is 10.8. The maximum atomic E-state index is 12.0. The van der Waals surface area contributed by atoms with Gasteiger partial charge in [0, 0.05) is 6.42 Å². The average molecular weight is 409 g/mol. The molecule has 0 fully saturated rings. The lowest BCUT2D eigenvalue weighted by molar-refractivity contribution is -0.134. The molecule has 5 heteroatoms. The van der Waals surface area contributed by atoms with E-state index in [1.165, 1.54) is 25.7 Å². The van der Waals surface area contributed by atoms with Gasteiger partial charge in [-0.1, -0.05) is 31.8 Å². The third kappa shape index (κ3) is 9.50. The highest BCUT2D eigenvalue weighted by atomic mass is 16.5. The van der Waals surface area contributed by atoms with E-state index in [0.29, 0.717) is 24.5 Å². The van der Waals surface area contributed by atoms with Crippen LogP contribution in [0.4, 0.5) is 11.4 Å². The second-order valence-electron chi connectivity index (χ2n) is 7.04. The molecule has 0 aliphatic carbocycles. The average Bonchev–Trinajstić information content (AvgIpc) is 2.76. The highest BCUT2D eigenvalue weighted by Crippen LogP contribution is 2.23. The van der Waals surface area contributed by atoms with E-state index < -0.39 is 0 Å². The number of allylic oxidation sites excluding steroid dienone is 1. The molecule has 160 valence electrons. The molecule has 0 spiro atoms. The van der Waals surface area contributed by atoms with Crippen molar-refractivity contribution in [3.05, 3.63) is 61.2 Å². The van der Waals surface area contributed by atoms with E-state index in [2.05, 4.69) is 16.8 Å². The molecule has 0 aromatic heterocycles. The Morgan fingerprint density at radius 1 is 0.833 bits per heavy atom. The second-order valence-corrected chi connectivity index (χ2v) is 7.04. The van der Waals surface area contributed by atoms with Crippen molar-refractivity contribution in [3.8, 4) is 11.5 Å². The maximum Gasteiger partial charge on any atom is 0.311 e. The lowest BCUT2D eigenvalue weighted by atomic mass is 10.1. The number of benzene rings is 2. The molecule has 2 aromatic carbocycles. The van der Waals surface area contributed by atoms with Crippen LogP contribution in [0.5, 0.6) is 11.5 Å². The van der Waals surface area contributed by atoms with Crippen molar-refractivity contribution in [1.29, 1.82) is 0 Å². The molecule has 0 aliphatic heterocycles. The molecule has 2 aromatic rings. The van der Waals surface area contributed by atoms with Gasteiger partial charge in [0.25, 0.3) is 0 Å². The standard InChI is InChI=1S/C25H32N2O3/c1-3-5-6-7-8-9-10-11-12-25(28)30-24-19-15-22(16-20-24)27-26-21-13-17-23(18-14-21)29-4-2/h3,13-20H,1,4-12H2,2H3. The summed E-state index contributed by atoms with van der Waals surface area (Å²) < 4.78 is 10.8. The van der Waals surface area contributed by atoms with Crippen molar-refractivity contribution >= 4 is 17.3 Å². The zero-order valence-electron chi connectivity index (χ0n) is 17.9. The number of carbonyl (C=O) groups is 1. The molecule has 0 unspecified atom stereocenters. The number of esters is 1. The van der Waals surface area contributed by atoms with Crippen molar-refractivity contribution in [2.45, 2.75) is 58.3 Å². The number of carbonyl (C=O) groups excluding carboxylic acids is 1. The van der Waals surface area contributed by atoms with Gasteiger partial charge in [-0.3, -0.25) is 4.79 Å². The van der Waals surface area contributed by atoms with E-state index in [9.17, 15) is 4.79 Å². The van der Waals surface area contributed by atoms with Gasteiger partial charge in [0.1, 0.15) is 11.5 Å². The van der Waals surface area contributed by atoms with Crippen LogP contribution in [0.2, 0.25) is 0 Å². The Kier molecular flexibility index (Phi) is 11.0. The molecule has 0 heterocycles. The predicted molar refractivity (Wildman–Crippen MR) is 121 cm³/mol. The molecule has 0 atom stereocenters. The summed E-state index contributed by atoms with van der Waals surface area (Å²) in [6.45, 7) is 6.31. The van der Waals surface area contributed by atoms with Gasteiger partial charge in [0.05, 0.1) is 18.0 Å². The van der Waals surface area contributed by atoms with Crippen LogP contribution in [-0.4, -0.2) is 12.6 Å². The molecule has 0 N–H and O–H groups in total. The molecular formula is C25H32N2O3. The van der Waals surface area contributed by atoms with Gasteiger partial charge in [-0.15, -0.1) is 6.58 Å². The number of unbranched alkanes of at least 4 members (excludes halogenated alkanes) is 6. The lowest BCUT2D eigenvalue weighted by Gasteiger charge is -2.05. The maximum absolute atomic E-state index is 12.0. The number of hydrogen-bond acceptors (Lipinski definition) is 5. The van der Waals surface area contributed by atoms with Gasteiger partial charge in [0.15, 0.2) is 0 Å². The van der Waals surface area contributed by atoms with E-state index in [1.54, 1.807) is 24.3 Å². The van der Waals surface area contributed by atoms with Crippen LogP contribution >= 0.6 is 0 Å². The first-order valence-electron chi connectivity index (χ1n) is 10.8. The summed E-state index contributed by atoms with van der Waals surface area (Å²) in [6, 6.07) is 14.5. The summed E-state index contributed by atoms with van der Waals surface area (Å²) in [5, 5.41) is 8.41. The fourth-order valence-electron chi connectivity index (χ4n) is 2.92.